The smallest absolute Gasteiger partial charge is 0.351 e. The van der Waals surface area contributed by atoms with E-state index in [1.807, 2.05) is 126 Å². The van der Waals surface area contributed by atoms with Crippen LogP contribution in [0.4, 0.5) is 5.82 Å². The first-order valence-corrected chi connectivity index (χ1v) is 40.6. The minimum Gasteiger partial charge on any atom is -0.497 e. The van der Waals surface area contributed by atoms with Crippen LogP contribution >= 0.6 is 11.6 Å². The molecule has 0 spiro atoms. The average molecular weight is 1770 g/mol. The van der Waals surface area contributed by atoms with Crippen molar-refractivity contribution < 1.29 is 101 Å². The maximum atomic E-state index is 12.7. The van der Waals surface area contributed by atoms with Crippen LogP contribution in [-0.4, -0.2) is 243 Å². The normalized spacial score (nSPS) is 24.2. The number of hydrogen-bond donors (Lipinski definition) is 9. The predicted octanol–water partition coefficient (Wildman–Crippen LogP) is 6.58. The van der Waals surface area contributed by atoms with Gasteiger partial charge in [-0.2, -0.15) is 4.98 Å². The number of hydrogen-bond acceptors (Lipinski definition) is 28. The molecule has 688 valence electrons. The fourth-order valence-electron chi connectivity index (χ4n) is 14.3. The first-order valence-electron chi connectivity index (χ1n) is 40.3. The molecule has 4 fully saturated rings. The van der Waals surface area contributed by atoms with Crippen molar-refractivity contribution >= 4 is 23.3 Å². The van der Waals surface area contributed by atoms with Gasteiger partial charge >= 0.3 is 22.8 Å². The largest absolute Gasteiger partial charge is 0.497 e. The van der Waals surface area contributed by atoms with Crippen molar-refractivity contribution in [1.29, 1.82) is 0 Å². The number of aliphatic hydroxyl groups excluding tert-OH is 5. The fraction of sp³-hybridized carbons (Fsp3) is 0.529. The number of anilines is 1. The molecule has 37 heteroatoms. The minimum atomic E-state index is -1.12. The van der Waals surface area contributed by atoms with Crippen LogP contribution < -0.4 is 54.2 Å². The average Bonchev–Trinajstić information content (AvgIpc) is 1.76. The van der Waals surface area contributed by atoms with Gasteiger partial charge in [-0.3, -0.25) is 52.4 Å². The molecule has 0 bridgehead atoms. The van der Waals surface area contributed by atoms with Crippen LogP contribution in [-0.2, 0) is 61.7 Å². The summed E-state index contributed by atoms with van der Waals surface area (Å²) in [5.41, 5.74) is 0.661. The van der Waals surface area contributed by atoms with Crippen LogP contribution in [0.2, 0.25) is 0 Å². The topological polar surface area (TPSA) is 459 Å². The van der Waals surface area contributed by atoms with Crippen molar-refractivity contribution in [2.75, 3.05) is 81.0 Å². The first-order chi connectivity index (χ1) is 58.8. The highest BCUT2D eigenvalue weighted by Gasteiger charge is 2.50. The number of nitrogens with one attached hydrogen (secondary N) is 4. The molecule has 0 saturated carbocycles. The van der Waals surface area contributed by atoms with Crippen LogP contribution in [0, 0.1) is 20.8 Å². The van der Waals surface area contributed by atoms with Crippen LogP contribution in [0.25, 0.3) is 0 Å². The Hall–Kier alpha value is -9.52. The number of halogens is 1. The van der Waals surface area contributed by atoms with Gasteiger partial charge in [0, 0.05) is 79.8 Å². The molecule has 8 heterocycles. The summed E-state index contributed by atoms with van der Waals surface area (Å²) in [4.78, 5) is 106. The second-order valence-corrected chi connectivity index (χ2v) is 30.4. The molecular formula is C87H126ClN9O27. The van der Waals surface area contributed by atoms with E-state index < -0.39 is 149 Å². The Bertz CT molecular complexity index is 4760. The van der Waals surface area contributed by atoms with E-state index in [-0.39, 0.29) is 47.8 Å². The van der Waals surface area contributed by atoms with E-state index in [0.717, 1.165) is 32.8 Å². The number of H-pyrrole nitrogens is 3. The standard InChI is InChI=1S/C21H19ClO2.C21H27N3O6.2C15H24N2O6.C14H22N2O7.CH4.3H2/c1-23-19-12-8-17(9-13-19)21(22,16-6-4-3-5-7-16)18-10-14-20(24-2)15-11-18;1-4-15-17(25)18(29-13(2)12-28-3)20(30-15)24-11-10-16(23-21(24)27)22-19(26)14-8-6-5-7-9-14;2*1-5-10-11(18)12(22-9(3)7-21-4)14(23-10)17-6-8(2)13(19)16-15(17)20;1-7-4-16(14(20)15-12(7)19)13-11(22-8(2)6-21-3)10(18)9(5-17)23-13;;;;/h3-15H,1-2H3;5-11,13,15,17-18,20,25H,4,12H2,1-3H3,(H,22,23,26,27);2*6,9-12,14,18H,5,7H2,1-4H3,(H,16,19,20);4,8-11,13,17-18H,5-6H2,1-3H3,(H,15,19,20);1H4;3*1H/t;13?,15-,17?,18+,20-;2*9?,10-,11?,12+,14-;8?,9-,10?,11+,13-;;;;/m.1111..../s1. The molecule has 36 nitrogen and oxygen atoms in total. The highest BCUT2D eigenvalue weighted by Crippen LogP contribution is 2.44. The highest BCUT2D eigenvalue weighted by molar-refractivity contribution is 6.28. The Kier molecular flexibility index (Phi) is 39.5. The Morgan fingerprint density at radius 1 is 0.468 bits per heavy atom. The number of carbonyl (C=O) groups is 1. The van der Waals surface area contributed by atoms with Crippen molar-refractivity contribution in [2.45, 2.75) is 223 Å². The SMILES string of the molecule is C.CC[C@H]1O[C@@H](n2cc(C)c(=O)[nH]c2=O)[C@@H](OC(C)COC)C1O.CC[C@H]1O[C@@H](n2cc(C)c(=O)[nH]c2=O)[C@@H](OC(C)COC)C1O.CC[C@H]1O[C@@H](n2ccc(NC(=O)c3ccccc3)nc2=O)[C@@H](OC(C)COC)C1O.COCC(C)O[C@H]1C(O)[C@@H](CO)O[C@H]1n1cc(C)c(=O)[nH]c1=O.COc1ccc(C(Cl)(c2ccccc2)c2ccc(OC)cc2)cc1.[HH].[HH].[HH]. The minimum absolute atomic E-state index is 0. The van der Waals surface area contributed by atoms with Gasteiger partial charge < -0.3 is 97.2 Å². The quantitative estimate of drug-likeness (QED) is 0.0164. The van der Waals surface area contributed by atoms with E-state index in [0.29, 0.717) is 67.9 Å². The number of aromatic nitrogens is 8. The Morgan fingerprint density at radius 3 is 1.06 bits per heavy atom. The molecule has 12 rings (SSSR count). The number of aliphatic hydroxyl groups is 5. The molecule has 4 aromatic carbocycles. The van der Waals surface area contributed by atoms with Gasteiger partial charge in [-0.25, -0.2) is 19.2 Å². The van der Waals surface area contributed by atoms with Gasteiger partial charge in [-0.05, 0) is 127 Å². The number of benzene rings is 4. The second-order valence-electron chi connectivity index (χ2n) is 29.8. The maximum Gasteiger partial charge on any atom is 0.351 e. The first kappa shape index (κ1) is 102. The summed E-state index contributed by atoms with van der Waals surface area (Å²) in [6.07, 6.45) is -6.39. The Labute approximate surface area is 727 Å². The number of aromatic amines is 3. The van der Waals surface area contributed by atoms with Crippen LogP contribution in [0.15, 0.2) is 174 Å². The van der Waals surface area contributed by atoms with Crippen LogP contribution in [0.5, 0.6) is 11.5 Å². The van der Waals surface area contributed by atoms with Gasteiger partial charge in [-0.1, -0.05) is 101 Å². The lowest BCUT2D eigenvalue weighted by Gasteiger charge is -2.29. The van der Waals surface area contributed by atoms with Gasteiger partial charge in [-0.15, -0.1) is 11.6 Å². The Balaban J connectivity index is 0.000000331. The Morgan fingerprint density at radius 2 is 0.766 bits per heavy atom. The molecule has 0 aliphatic carbocycles. The van der Waals surface area contributed by atoms with Crippen molar-refractivity contribution in [3.63, 3.8) is 0 Å². The molecule has 124 heavy (non-hydrogen) atoms. The van der Waals surface area contributed by atoms with E-state index >= 15 is 0 Å². The molecule has 4 aromatic heterocycles. The lowest BCUT2D eigenvalue weighted by Crippen LogP contribution is -2.41. The number of rotatable bonds is 31. The number of amides is 1. The maximum absolute atomic E-state index is 12.7. The number of aryl methyl sites for hydroxylation is 3. The number of ether oxygens (including phenoxy) is 14. The summed E-state index contributed by atoms with van der Waals surface area (Å²) >= 11 is 7.22. The highest BCUT2D eigenvalue weighted by atomic mass is 35.5. The third-order valence-electron chi connectivity index (χ3n) is 20.6. The number of methoxy groups -OCH3 is 6. The van der Waals surface area contributed by atoms with Gasteiger partial charge in [0.05, 0.1) is 90.0 Å². The van der Waals surface area contributed by atoms with Crippen molar-refractivity contribution in [1.82, 2.24) is 38.2 Å². The van der Waals surface area contributed by atoms with Crippen molar-refractivity contribution in [2.24, 2.45) is 0 Å². The number of carbonyl (C=O) groups excluding carboxylic acids is 1. The van der Waals surface area contributed by atoms with Gasteiger partial charge in [0.25, 0.3) is 22.6 Å². The van der Waals surface area contributed by atoms with Crippen molar-refractivity contribution in [3.05, 3.63) is 252 Å². The molecule has 4 aliphatic rings. The zero-order valence-corrected chi connectivity index (χ0v) is 72.6. The molecule has 4 aliphatic heterocycles. The third-order valence-corrected chi connectivity index (χ3v) is 21.2. The molecule has 1 amide bonds. The third kappa shape index (κ3) is 25.6. The van der Waals surface area contributed by atoms with Gasteiger partial charge in [0.1, 0.15) is 77.1 Å². The summed E-state index contributed by atoms with van der Waals surface area (Å²) < 4.78 is 82.0. The van der Waals surface area contributed by atoms with E-state index in [1.54, 1.807) is 87.5 Å². The molecule has 4 saturated heterocycles. The van der Waals surface area contributed by atoms with E-state index in [2.05, 4.69) is 25.3 Å². The lowest BCUT2D eigenvalue weighted by molar-refractivity contribution is -0.111. The van der Waals surface area contributed by atoms with Crippen LogP contribution in [0.1, 0.15) is 148 Å². The van der Waals surface area contributed by atoms with Gasteiger partial charge in [0.2, 0.25) is 0 Å². The van der Waals surface area contributed by atoms with E-state index in [9.17, 15) is 63.9 Å². The molecule has 9 N–H and O–H groups in total. The molecule has 20 atom stereocenters. The summed E-state index contributed by atoms with van der Waals surface area (Å²) in [6.45, 7) is 18.5. The van der Waals surface area contributed by atoms with Gasteiger partial charge in [0.15, 0.2) is 24.9 Å². The summed E-state index contributed by atoms with van der Waals surface area (Å²) in [6, 6.07) is 35.9. The summed E-state index contributed by atoms with van der Waals surface area (Å²) in [5.74, 6) is 1.37. The molecule has 8 unspecified atom stereocenters. The summed E-state index contributed by atoms with van der Waals surface area (Å²) in [7, 11) is 9.51. The molecule has 0 radical (unpaired) electrons. The number of alkyl halides is 1. The zero-order valence-electron chi connectivity index (χ0n) is 71.8. The monoisotopic (exact) mass is 1760 g/mol. The fourth-order valence-corrected chi connectivity index (χ4v) is 14.7. The molecule has 8 aromatic rings. The van der Waals surface area contributed by atoms with E-state index in [1.165, 1.54) is 51.7 Å². The predicted molar refractivity (Wildman–Crippen MR) is 465 cm³/mol. The summed E-state index contributed by atoms with van der Waals surface area (Å²) in [5, 5.41) is 53.7. The van der Waals surface area contributed by atoms with Crippen LogP contribution in [0.3, 0.4) is 0 Å². The van der Waals surface area contributed by atoms with E-state index in [4.69, 9.17) is 77.9 Å². The number of nitrogens with zero attached hydrogens (tertiary/aromatic N) is 5. The molecular weight excluding hydrogens is 1640 g/mol. The second kappa shape index (κ2) is 48.3. The zero-order chi connectivity index (χ0) is 90.1. The van der Waals surface area contributed by atoms with Crippen molar-refractivity contribution in [3.8, 4) is 11.5 Å². The lowest BCUT2D eigenvalue weighted by atomic mass is 9.84.